The zero-order chi connectivity index (χ0) is 14.2. The SMILES string of the molecule is CCCCCC1CCC(C2CCC(CCBr)CC2)CC1. The van der Waals surface area contributed by atoms with Gasteiger partial charge in [0.05, 0.1) is 0 Å². The second kappa shape index (κ2) is 9.49. The minimum Gasteiger partial charge on any atom is -0.0928 e. The number of rotatable bonds is 7. The maximum atomic E-state index is 3.61. The van der Waals surface area contributed by atoms with Crippen molar-refractivity contribution >= 4 is 15.9 Å². The molecule has 0 aliphatic heterocycles. The predicted octanol–water partition coefficient (Wildman–Crippen LogP) is 6.96. The molecule has 0 aromatic rings. The quantitative estimate of drug-likeness (QED) is 0.346. The predicted molar refractivity (Wildman–Crippen MR) is 93.4 cm³/mol. The molecule has 0 saturated heterocycles. The first-order valence-corrected chi connectivity index (χ1v) is 10.5. The Morgan fingerprint density at radius 3 is 1.65 bits per heavy atom. The topological polar surface area (TPSA) is 0 Å². The van der Waals surface area contributed by atoms with E-state index in [1.807, 2.05) is 0 Å². The molecule has 0 N–H and O–H groups in total. The van der Waals surface area contributed by atoms with Crippen LogP contribution < -0.4 is 0 Å². The van der Waals surface area contributed by atoms with Gasteiger partial charge in [-0.1, -0.05) is 74.2 Å². The molecule has 0 spiro atoms. The Hall–Kier alpha value is 0.480. The lowest BCUT2D eigenvalue weighted by Gasteiger charge is -2.38. The van der Waals surface area contributed by atoms with E-state index in [9.17, 15) is 0 Å². The van der Waals surface area contributed by atoms with E-state index in [0.717, 1.165) is 23.7 Å². The van der Waals surface area contributed by atoms with Crippen LogP contribution in [0.15, 0.2) is 0 Å². The summed E-state index contributed by atoms with van der Waals surface area (Å²) in [7, 11) is 0. The van der Waals surface area contributed by atoms with E-state index in [1.54, 1.807) is 38.5 Å². The van der Waals surface area contributed by atoms with Gasteiger partial charge in [0.15, 0.2) is 0 Å². The molecule has 0 atom stereocenters. The molecule has 0 heterocycles. The first-order chi connectivity index (χ1) is 9.83. The fourth-order valence-corrected chi connectivity index (χ4v) is 5.38. The Labute approximate surface area is 135 Å². The van der Waals surface area contributed by atoms with Crippen molar-refractivity contribution in [1.29, 1.82) is 0 Å². The lowest BCUT2D eigenvalue weighted by Crippen LogP contribution is -2.26. The Morgan fingerprint density at radius 2 is 1.20 bits per heavy atom. The molecule has 0 unspecified atom stereocenters. The summed E-state index contributed by atoms with van der Waals surface area (Å²) in [6.45, 7) is 2.32. The van der Waals surface area contributed by atoms with E-state index < -0.39 is 0 Å². The number of hydrogen-bond acceptors (Lipinski definition) is 0. The molecular weight excluding hydrogens is 308 g/mol. The van der Waals surface area contributed by atoms with E-state index in [0.29, 0.717) is 0 Å². The minimum atomic E-state index is 1.04. The number of unbranched alkanes of at least 4 members (excludes halogenated alkanes) is 2. The van der Waals surface area contributed by atoms with E-state index in [1.165, 1.54) is 50.3 Å². The van der Waals surface area contributed by atoms with Crippen molar-refractivity contribution in [3.8, 4) is 0 Å². The Morgan fingerprint density at radius 1 is 0.700 bits per heavy atom. The molecule has 0 bridgehead atoms. The van der Waals surface area contributed by atoms with Crippen molar-refractivity contribution in [3.05, 3.63) is 0 Å². The molecular formula is C19H35Br. The fraction of sp³-hybridized carbons (Fsp3) is 1.00. The van der Waals surface area contributed by atoms with Crippen LogP contribution in [0.2, 0.25) is 0 Å². The normalized spacial score (nSPS) is 35.1. The summed E-state index contributed by atoms with van der Waals surface area (Å²) in [6.07, 6.45) is 19.6. The van der Waals surface area contributed by atoms with E-state index in [2.05, 4.69) is 22.9 Å². The minimum absolute atomic E-state index is 1.04. The van der Waals surface area contributed by atoms with Crippen LogP contribution >= 0.6 is 15.9 Å². The van der Waals surface area contributed by atoms with Crippen LogP contribution in [0, 0.1) is 23.7 Å². The lowest BCUT2D eigenvalue weighted by molar-refractivity contribution is 0.142. The van der Waals surface area contributed by atoms with Crippen LogP contribution in [0.3, 0.4) is 0 Å². The summed E-state index contributed by atoms with van der Waals surface area (Å²) in [5.41, 5.74) is 0. The Kier molecular flexibility index (Phi) is 7.99. The highest BCUT2D eigenvalue weighted by atomic mass is 79.9. The van der Waals surface area contributed by atoms with Crippen LogP contribution in [0.4, 0.5) is 0 Å². The van der Waals surface area contributed by atoms with Gasteiger partial charge in [-0.25, -0.2) is 0 Å². The zero-order valence-corrected chi connectivity index (χ0v) is 15.2. The maximum absolute atomic E-state index is 3.61. The smallest absolute Gasteiger partial charge is 0.00339 e. The highest BCUT2D eigenvalue weighted by molar-refractivity contribution is 9.09. The number of hydrogen-bond donors (Lipinski definition) is 0. The molecule has 0 nitrogen and oxygen atoms in total. The molecule has 0 radical (unpaired) electrons. The highest BCUT2D eigenvalue weighted by Gasteiger charge is 2.30. The monoisotopic (exact) mass is 342 g/mol. The average Bonchev–Trinajstić information content (AvgIpc) is 2.49. The van der Waals surface area contributed by atoms with Gasteiger partial charge in [0.2, 0.25) is 0 Å². The molecule has 0 aromatic carbocycles. The summed E-state index contributed by atoms with van der Waals surface area (Å²) in [6, 6.07) is 0. The highest BCUT2D eigenvalue weighted by Crippen LogP contribution is 2.42. The first-order valence-electron chi connectivity index (χ1n) is 9.39. The van der Waals surface area contributed by atoms with Crippen molar-refractivity contribution in [2.45, 2.75) is 90.4 Å². The summed E-state index contributed by atoms with van der Waals surface area (Å²) in [4.78, 5) is 0. The largest absolute Gasteiger partial charge is 0.0928 e. The molecule has 118 valence electrons. The van der Waals surface area contributed by atoms with Crippen LogP contribution in [0.25, 0.3) is 0 Å². The molecule has 2 aliphatic carbocycles. The van der Waals surface area contributed by atoms with Crippen molar-refractivity contribution < 1.29 is 0 Å². The third kappa shape index (κ3) is 5.35. The second-order valence-corrected chi connectivity index (χ2v) is 8.33. The standard InChI is InChI=1S/C19H35Br/c1-2-3-4-5-16-6-10-18(11-7-16)19-12-8-17(9-13-19)14-15-20/h16-19H,2-15H2,1H3. The van der Waals surface area contributed by atoms with Crippen molar-refractivity contribution in [2.24, 2.45) is 23.7 Å². The zero-order valence-electron chi connectivity index (χ0n) is 13.6. The molecule has 0 amide bonds. The summed E-state index contributed by atoms with van der Waals surface area (Å²) < 4.78 is 0. The van der Waals surface area contributed by atoms with Crippen LogP contribution in [-0.4, -0.2) is 5.33 Å². The molecule has 20 heavy (non-hydrogen) atoms. The fourth-order valence-electron chi connectivity index (χ4n) is 4.73. The third-order valence-corrected chi connectivity index (χ3v) is 6.64. The summed E-state index contributed by atoms with van der Waals surface area (Å²) in [5.74, 6) is 4.32. The van der Waals surface area contributed by atoms with Gasteiger partial charge in [0, 0.05) is 5.33 Å². The van der Waals surface area contributed by atoms with Gasteiger partial charge >= 0.3 is 0 Å². The van der Waals surface area contributed by atoms with Gasteiger partial charge in [-0.3, -0.25) is 0 Å². The molecule has 2 saturated carbocycles. The molecule has 2 fully saturated rings. The second-order valence-electron chi connectivity index (χ2n) is 7.54. The maximum Gasteiger partial charge on any atom is 0.00339 e. The summed E-state index contributed by atoms with van der Waals surface area (Å²) in [5, 5.41) is 1.21. The number of alkyl halides is 1. The van der Waals surface area contributed by atoms with E-state index in [-0.39, 0.29) is 0 Å². The lowest BCUT2D eigenvalue weighted by atomic mass is 9.68. The summed E-state index contributed by atoms with van der Waals surface area (Å²) >= 11 is 3.61. The Bertz CT molecular complexity index is 234. The number of halogens is 1. The Balaban J connectivity index is 1.62. The molecule has 1 heteroatoms. The van der Waals surface area contributed by atoms with Crippen LogP contribution in [0.5, 0.6) is 0 Å². The average molecular weight is 343 g/mol. The van der Waals surface area contributed by atoms with Gasteiger partial charge in [0.1, 0.15) is 0 Å². The van der Waals surface area contributed by atoms with Gasteiger partial charge in [0.25, 0.3) is 0 Å². The van der Waals surface area contributed by atoms with Crippen molar-refractivity contribution in [2.75, 3.05) is 5.33 Å². The van der Waals surface area contributed by atoms with Crippen molar-refractivity contribution in [3.63, 3.8) is 0 Å². The van der Waals surface area contributed by atoms with Crippen LogP contribution in [-0.2, 0) is 0 Å². The molecule has 2 aliphatic rings. The molecule has 2 rings (SSSR count). The first kappa shape index (κ1) is 16.8. The van der Waals surface area contributed by atoms with Gasteiger partial charge in [-0.05, 0) is 55.8 Å². The molecule has 0 aromatic heterocycles. The van der Waals surface area contributed by atoms with Gasteiger partial charge < -0.3 is 0 Å². The third-order valence-electron chi connectivity index (χ3n) is 6.18. The van der Waals surface area contributed by atoms with Crippen LogP contribution in [0.1, 0.15) is 90.4 Å². The van der Waals surface area contributed by atoms with Gasteiger partial charge in [-0.2, -0.15) is 0 Å². The van der Waals surface area contributed by atoms with Crippen molar-refractivity contribution in [1.82, 2.24) is 0 Å². The van der Waals surface area contributed by atoms with E-state index in [4.69, 9.17) is 0 Å². The van der Waals surface area contributed by atoms with Gasteiger partial charge in [-0.15, -0.1) is 0 Å². The van der Waals surface area contributed by atoms with E-state index >= 15 is 0 Å².